The molecule has 0 unspecified atom stereocenters. The molecule has 0 bridgehead atoms. The molecule has 29 heavy (non-hydrogen) atoms. The van der Waals surface area contributed by atoms with Gasteiger partial charge in [0.2, 0.25) is 0 Å². The van der Waals surface area contributed by atoms with Crippen molar-refractivity contribution in [3.63, 3.8) is 0 Å². The third kappa shape index (κ3) is 4.73. The van der Waals surface area contributed by atoms with Crippen LogP contribution in [0.3, 0.4) is 0 Å². The van der Waals surface area contributed by atoms with Gasteiger partial charge >= 0.3 is 6.03 Å². The standard InChI is InChI=1S/C22H20BrN5O/c1-14-10-19(6-9-21(14)23)26-22(29)27-25-13-18-11-15(2)28(16(18)3)20-7-4-17(12-24)5-8-20/h4-11,13H,1-3H3,(H2,26,27,29)/b25-13+. The van der Waals surface area contributed by atoms with Crippen molar-refractivity contribution in [3.8, 4) is 11.8 Å². The number of aromatic nitrogens is 1. The molecule has 6 nitrogen and oxygen atoms in total. The number of hydrogen-bond donors (Lipinski definition) is 2. The number of rotatable bonds is 4. The molecule has 0 spiro atoms. The lowest BCUT2D eigenvalue weighted by Gasteiger charge is -2.09. The molecule has 0 radical (unpaired) electrons. The summed E-state index contributed by atoms with van der Waals surface area (Å²) in [6, 6.07) is 16.7. The molecule has 0 aliphatic carbocycles. The lowest BCUT2D eigenvalue weighted by Crippen LogP contribution is -2.24. The number of nitrogens with zero attached hydrogens (tertiary/aromatic N) is 3. The van der Waals surface area contributed by atoms with Gasteiger partial charge in [-0.15, -0.1) is 0 Å². The van der Waals surface area contributed by atoms with E-state index in [9.17, 15) is 4.79 Å². The van der Waals surface area contributed by atoms with Crippen LogP contribution in [-0.4, -0.2) is 16.8 Å². The maximum absolute atomic E-state index is 12.1. The van der Waals surface area contributed by atoms with Gasteiger partial charge in [0.05, 0.1) is 17.8 Å². The minimum absolute atomic E-state index is 0.413. The molecule has 3 rings (SSSR count). The molecule has 3 aromatic rings. The normalized spacial score (nSPS) is 10.7. The van der Waals surface area contributed by atoms with Gasteiger partial charge in [-0.05, 0) is 74.9 Å². The Morgan fingerprint density at radius 3 is 2.52 bits per heavy atom. The Morgan fingerprint density at radius 1 is 1.14 bits per heavy atom. The summed E-state index contributed by atoms with van der Waals surface area (Å²) in [6.07, 6.45) is 1.62. The lowest BCUT2D eigenvalue weighted by molar-refractivity contribution is 0.252. The monoisotopic (exact) mass is 449 g/mol. The molecule has 0 atom stereocenters. The van der Waals surface area contributed by atoms with Crippen molar-refractivity contribution in [1.29, 1.82) is 5.26 Å². The van der Waals surface area contributed by atoms with Gasteiger partial charge in [0, 0.05) is 32.8 Å². The number of nitriles is 1. The minimum Gasteiger partial charge on any atom is -0.318 e. The van der Waals surface area contributed by atoms with Gasteiger partial charge < -0.3 is 9.88 Å². The summed E-state index contributed by atoms with van der Waals surface area (Å²) in [7, 11) is 0. The number of amides is 2. The third-order valence-electron chi connectivity index (χ3n) is 4.51. The van der Waals surface area contributed by atoms with Crippen LogP contribution in [0.15, 0.2) is 58.1 Å². The molecule has 0 saturated heterocycles. The van der Waals surface area contributed by atoms with E-state index in [-0.39, 0.29) is 0 Å². The van der Waals surface area contributed by atoms with Crippen molar-refractivity contribution in [2.24, 2.45) is 5.10 Å². The highest BCUT2D eigenvalue weighted by Crippen LogP contribution is 2.21. The van der Waals surface area contributed by atoms with E-state index in [4.69, 9.17) is 5.26 Å². The SMILES string of the molecule is Cc1cc(NC(=O)N/N=C/c2cc(C)n(-c3ccc(C#N)cc3)c2C)ccc1Br. The first-order valence-corrected chi connectivity index (χ1v) is 9.74. The van der Waals surface area contributed by atoms with Gasteiger partial charge in [-0.25, -0.2) is 10.2 Å². The Labute approximate surface area is 178 Å². The molecule has 0 saturated carbocycles. The zero-order chi connectivity index (χ0) is 21.0. The highest BCUT2D eigenvalue weighted by molar-refractivity contribution is 9.10. The Morgan fingerprint density at radius 2 is 1.86 bits per heavy atom. The van der Waals surface area contributed by atoms with E-state index in [1.807, 2.05) is 57.2 Å². The van der Waals surface area contributed by atoms with Gasteiger partial charge in [-0.2, -0.15) is 10.4 Å². The van der Waals surface area contributed by atoms with E-state index in [2.05, 4.69) is 42.4 Å². The molecule has 0 aliphatic heterocycles. The van der Waals surface area contributed by atoms with Crippen LogP contribution < -0.4 is 10.7 Å². The highest BCUT2D eigenvalue weighted by atomic mass is 79.9. The number of hydrogen-bond acceptors (Lipinski definition) is 3. The van der Waals surface area contributed by atoms with Gasteiger partial charge in [-0.3, -0.25) is 0 Å². The second-order valence-corrected chi connectivity index (χ2v) is 7.46. The molecule has 2 aromatic carbocycles. The second-order valence-electron chi connectivity index (χ2n) is 6.61. The van der Waals surface area contributed by atoms with Crippen molar-refractivity contribution in [1.82, 2.24) is 9.99 Å². The van der Waals surface area contributed by atoms with Crippen LogP contribution in [0.4, 0.5) is 10.5 Å². The summed E-state index contributed by atoms with van der Waals surface area (Å²) >= 11 is 3.43. The van der Waals surface area contributed by atoms with Crippen molar-refractivity contribution in [2.75, 3.05) is 5.32 Å². The Bertz CT molecular complexity index is 1120. The predicted molar refractivity (Wildman–Crippen MR) is 119 cm³/mol. The first kappa shape index (κ1) is 20.4. The first-order chi connectivity index (χ1) is 13.9. The maximum atomic E-state index is 12.1. The van der Waals surface area contributed by atoms with Gasteiger partial charge in [0.15, 0.2) is 0 Å². The quantitative estimate of drug-likeness (QED) is 0.424. The topological polar surface area (TPSA) is 82.2 Å². The van der Waals surface area contributed by atoms with Crippen molar-refractivity contribution < 1.29 is 4.79 Å². The summed E-state index contributed by atoms with van der Waals surface area (Å²) in [5.74, 6) is 0. The van der Waals surface area contributed by atoms with Crippen LogP contribution in [0.1, 0.15) is 28.1 Å². The molecule has 2 amide bonds. The predicted octanol–water partition coefficient (Wildman–Crippen LogP) is 5.19. The Kier molecular flexibility index (Phi) is 6.15. The van der Waals surface area contributed by atoms with Crippen LogP contribution in [-0.2, 0) is 0 Å². The molecule has 2 N–H and O–H groups in total. The Hall–Kier alpha value is -3.37. The van der Waals surface area contributed by atoms with E-state index in [0.29, 0.717) is 11.3 Å². The summed E-state index contributed by atoms with van der Waals surface area (Å²) in [6.45, 7) is 5.94. The van der Waals surface area contributed by atoms with Crippen LogP contribution in [0.25, 0.3) is 5.69 Å². The summed E-state index contributed by atoms with van der Waals surface area (Å²) < 4.78 is 3.06. The van der Waals surface area contributed by atoms with E-state index in [1.165, 1.54) is 0 Å². The van der Waals surface area contributed by atoms with E-state index >= 15 is 0 Å². The molecule has 1 aromatic heterocycles. The number of anilines is 1. The van der Waals surface area contributed by atoms with E-state index in [0.717, 1.165) is 32.7 Å². The molecule has 146 valence electrons. The number of nitrogens with one attached hydrogen (secondary N) is 2. The molecular formula is C22H20BrN5O. The largest absolute Gasteiger partial charge is 0.339 e. The Balaban J connectivity index is 1.70. The average Bonchev–Trinajstić information content (AvgIpc) is 2.98. The molecular weight excluding hydrogens is 430 g/mol. The summed E-state index contributed by atoms with van der Waals surface area (Å²) in [4.78, 5) is 12.1. The van der Waals surface area contributed by atoms with Gasteiger partial charge in [0.1, 0.15) is 0 Å². The third-order valence-corrected chi connectivity index (χ3v) is 5.40. The number of carbonyl (C=O) groups excluding carboxylic acids is 1. The average molecular weight is 450 g/mol. The second kappa shape index (κ2) is 8.76. The highest BCUT2D eigenvalue weighted by Gasteiger charge is 2.10. The lowest BCUT2D eigenvalue weighted by atomic mass is 10.2. The minimum atomic E-state index is -0.413. The maximum Gasteiger partial charge on any atom is 0.339 e. The summed E-state index contributed by atoms with van der Waals surface area (Å²) in [5.41, 5.74) is 8.71. The van der Waals surface area contributed by atoms with Crippen LogP contribution in [0.5, 0.6) is 0 Å². The number of urea groups is 1. The van der Waals surface area contributed by atoms with Crippen LogP contribution in [0.2, 0.25) is 0 Å². The number of carbonyl (C=O) groups is 1. The number of aryl methyl sites for hydroxylation is 2. The fraction of sp³-hybridized carbons (Fsp3) is 0.136. The van der Waals surface area contributed by atoms with Gasteiger partial charge in [-0.1, -0.05) is 15.9 Å². The number of hydrazone groups is 1. The van der Waals surface area contributed by atoms with Gasteiger partial charge in [0.25, 0.3) is 0 Å². The zero-order valence-corrected chi connectivity index (χ0v) is 17.9. The zero-order valence-electron chi connectivity index (χ0n) is 16.3. The van der Waals surface area contributed by atoms with Crippen LogP contribution in [0, 0.1) is 32.1 Å². The van der Waals surface area contributed by atoms with Crippen molar-refractivity contribution >= 4 is 33.9 Å². The van der Waals surface area contributed by atoms with E-state index in [1.54, 1.807) is 18.3 Å². The fourth-order valence-electron chi connectivity index (χ4n) is 3.04. The molecule has 0 aliphatic rings. The first-order valence-electron chi connectivity index (χ1n) is 8.94. The number of benzene rings is 2. The smallest absolute Gasteiger partial charge is 0.318 e. The molecule has 7 heteroatoms. The molecule has 1 heterocycles. The summed E-state index contributed by atoms with van der Waals surface area (Å²) in [5, 5.41) is 15.8. The van der Waals surface area contributed by atoms with Crippen molar-refractivity contribution in [2.45, 2.75) is 20.8 Å². The number of halogens is 1. The van der Waals surface area contributed by atoms with Crippen molar-refractivity contribution in [3.05, 3.63) is 81.1 Å². The van der Waals surface area contributed by atoms with E-state index < -0.39 is 6.03 Å². The molecule has 0 fully saturated rings. The van der Waals surface area contributed by atoms with Crippen LogP contribution >= 0.6 is 15.9 Å². The fourth-order valence-corrected chi connectivity index (χ4v) is 3.29.